The molecule has 12 heteroatoms. The molecule has 250 valence electrons. The van der Waals surface area contributed by atoms with E-state index in [1.165, 1.54) is 13.8 Å². The molecule has 2 N–H and O–H groups in total. The Kier molecular flexibility index (Phi) is 10.4. The zero-order valence-electron chi connectivity index (χ0n) is 26.6. The van der Waals surface area contributed by atoms with Gasteiger partial charge >= 0.3 is 0 Å². The monoisotopic (exact) mass is 721 g/mol. The van der Waals surface area contributed by atoms with Crippen molar-refractivity contribution in [2.75, 3.05) is 18.1 Å². The molecule has 1 aliphatic heterocycles. The van der Waals surface area contributed by atoms with Gasteiger partial charge in [0, 0.05) is 29.3 Å². The molecule has 0 fully saturated rings. The van der Waals surface area contributed by atoms with E-state index in [2.05, 4.69) is 76.2 Å². The van der Waals surface area contributed by atoms with Crippen LogP contribution in [0.1, 0.15) is 31.7 Å². The highest BCUT2D eigenvalue weighted by Crippen LogP contribution is 2.48. The molecule has 5 aromatic rings. The first-order chi connectivity index (χ1) is 23.0. The number of benzene rings is 4. The van der Waals surface area contributed by atoms with E-state index >= 15 is 0 Å². The minimum atomic E-state index is -4.12. The summed E-state index contributed by atoms with van der Waals surface area (Å²) in [5, 5.41) is 2.23. The first kappa shape index (κ1) is 34.4. The minimum Gasteiger partial charge on any atom is -0.332 e. The summed E-state index contributed by atoms with van der Waals surface area (Å²) in [6, 6.07) is 33.1. The van der Waals surface area contributed by atoms with E-state index in [1.807, 2.05) is 36.4 Å². The third kappa shape index (κ3) is 7.86. The molecule has 0 saturated heterocycles. The summed E-state index contributed by atoms with van der Waals surface area (Å²) < 4.78 is 64.0. The fourth-order valence-electron chi connectivity index (χ4n) is 5.61. The van der Waals surface area contributed by atoms with Gasteiger partial charge in [-0.05, 0) is 60.7 Å². The largest absolute Gasteiger partial charge is 0.332 e. The van der Waals surface area contributed by atoms with Gasteiger partial charge in [0.05, 0.1) is 28.6 Å². The molecule has 0 spiro atoms. The summed E-state index contributed by atoms with van der Waals surface area (Å²) in [6.07, 6.45) is 3.00. The van der Waals surface area contributed by atoms with E-state index in [0.717, 1.165) is 58.5 Å². The van der Waals surface area contributed by atoms with Crippen molar-refractivity contribution in [3.63, 3.8) is 0 Å². The van der Waals surface area contributed by atoms with Gasteiger partial charge in [0.1, 0.15) is 4.70 Å². The summed E-state index contributed by atoms with van der Waals surface area (Å²) >= 11 is 3.28. The van der Waals surface area contributed by atoms with Gasteiger partial charge in [-0.2, -0.15) is 13.0 Å². The molecule has 1 aliphatic rings. The molecule has 0 bridgehead atoms. The van der Waals surface area contributed by atoms with Crippen LogP contribution in [0, 0.1) is 0 Å². The smallest absolute Gasteiger partial charge is 0.267 e. The number of fused-ring (bicyclic) bond motifs is 2. The number of anilines is 1. The van der Waals surface area contributed by atoms with Crippen LogP contribution in [0.25, 0.3) is 38.5 Å². The van der Waals surface area contributed by atoms with E-state index in [9.17, 15) is 21.7 Å². The Labute approximate surface area is 290 Å². The highest BCUT2D eigenvalue weighted by Gasteiger charge is 2.29. The average Bonchev–Trinajstić information content (AvgIpc) is 3.61. The van der Waals surface area contributed by atoms with Crippen LogP contribution in [0.2, 0.25) is 0 Å². The van der Waals surface area contributed by atoms with Gasteiger partial charge in [-0.1, -0.05) is 95.9 Å². The highest BCUT2D eigenvalue weighted by atomic mass is 32.2. The van der Waals surface area contributed by atoms with Crippen molar-refractivity contribution in [2.24, 2.45) is 0 Å². The number of hydrogen-bond donors (Lipinski definition) is 2. The summed E-state index contributed by atoms with van der Waals surface area (Å²) in [6.45, 7) is 3.96. The number of thiazole rings is 1. The van der Waals surface area contributed by atoms with Gasteiger partial charge < -0.3 is 4.90 Å². The lowest BCUT2D eigenvalue weighted by atomic mass is 10.0. The molecule has 8 nitrogen and oxygen atoms in total. The number of aromatic nitrogens is 1. The maximum Gasteiger partial charge on any atom is 0.267 e. The number of rotatable bonds is 12. The number of hydrogen-bond acceptors (Lipinski definition) is 7. The van der Waals surface area contributed by atoms with Crippen molar-refractivity contribution in [1.29, 1.82) is 0 Å². The maximum atomic E-state index is 12.3. The van der Waals surface area contributed by atoms with Crippen LogP contribution in [0.15, 0.2) is 107 Å². The summed E-state index contributed by atoms with van der Waals surface area (Å²) in [5.41, 5.74) is 6.36. The number of aryl methyl sites for hydroxylation is 1. The molecule has 0 saturated carbocycles. The fourth-order valence-corrected chi connectivity index (χ4v) is 8.81. The van der Waals surface area contributed by atoms with Crippen LogP contribution in [-0.4, -0.2) is 45.5 Å². The van der Waals surface area contributed by atoms with Crippen molar-refractivity contribution in [2.45, 2.75) is 43.4 Å². The highest BCUT2D eigenvalue weighted by molar-refractivity contribution is 8.04. The second kappa shape index (κ2) is 14.6. The Hall–Kier alpha value is -3.49. The number of nitrogens with zero attached hydrogens (tertiary/aromatic N) is 2. The first-order valence-electron chi connectivity index (χ1n) is 15.6. The molecule has 0 radical (unpaired) electrons. The Bertz CT molecular complexity index is 2190. The van der Waals surface area contributed by atoms with Crippen molar-refractivity contribution in [3.05, 3.63) is 107 Å². The summed E-state index contributed by atoms with van der Waals surface area (Å²) in [7, 11) is -7.61. The predicted octanol–water partition coefficient (Wildman–Crippen LogP) is 8.00. The molecule has 2 unspecified atom stereocenters. The van der Waals surface area contributed by atoms with E-state index in [4.69, 9.17) is 4.18 Å². The molecular weight excluding hydrogens is 685 g/mol. The number of thioether (sulfide) groups is 1. The lowest BCUT2D eigenvalue weighted by Crippen LogP contribution is -2.36. The Balaban J connectivity index is 1.41. The zero-order chi connectivity index (χ0) is 33.9. The predicted molar refractivity (Wildman–Crippen MR) is 199 cm³/mol. The molecular formula is C36H37N2O6S4+. The van der Waals surface area contributed by atoms with E-state index in [1.54, 1.807) is 23.1 Å². The van der Waals surface area contributed by atoms with Gasteiger partial charge in [0.2, 0.25) is 5.52 Å². The van der Waals surface area contributed by atoms with Crippen molar-refractivity contribution >= 4 is 70.6 Å². The van der Waals surface area contributed by atoms with Gasteiger partial charge in [0.15, 0.2) is 16.6 Å². The van der Waals surface area contributed by atoms with Crippen LogP contribution >= 0.6 is 23.1 Å². The van der Waals surface area contributed by atoms with Crippen LogP contribution in [-0.2, 0) is 30.9 Å². The van der Waals surface area contributed by atoms with E-state index in [0.29, 0.717) is 25.9 Å². The zero-order valence-corrected chi connectivity index (χ0v) is 29.8. The standard InChI is InChI=1S/C36H36N2O6S4/c1-3-47(39,40)44-22-21-38-32-24-30(28-14-8-5-9-15-28)17-19-34(32)46-36(38)25-35-37(20-10-11-26(2)48(41,42)43)31-23-29(16-18-33(31)45-35)27-12-6-4-7-13-27/h3-9,12-19,23-26H,10-11,20-22H2,1-2H3,(H-,39,40,41,42,43)/p+1. The third-order valence-corrected chi connectivity index (χ3v) is 12.9. The molecule has 2 atom stereocenters. The Morgan fingerprint density at radius 3 is 2.17 bits per heavy atom. The van der Waals surface area contributed by atoms with Crippen LogP contribution < -0.4 is 9.47 Å². The molecule has 1 aromatic heterocycles. The average molecular weight is 722 g/mol. The van der Waals surface area contributed by atoms with E-state index in [-0.39, 0.29) is 6.61 Å². The van der Waals surface area contributed by atoms with Crippen LogP contribution in [0.4, 0.5) is 5.69 Å². The van der Waals surface area contributed by atoms with Gasteiger partial charge in [-0.3, -0.25) is 13.3 Å². The quantitative estimate of drug-likeness (QED) is 0.0759. The van der Waals surface area contributed by atoms with Gasteiger partial charge in [-0.25, -0.2) is 4.21 Å². The minimum absolute atomic E-state index is 0.0347. The van der Waals surface area contributed by atoms with Crippen molar-refractivity contribution in [3.8, 4) is 22.3 Å². The molecule has 6 rings (SSSR count). The fraction of sp³-hybridized carbons (Fsp3) is 0.222. The topological polar surface area (TPSA) is 108 Å². The summed E-state index contributed by atoms with van der Waals surface area (Å²) in [4.78, 5) is 3.19. The van der Waals surface area contributed by atoms with Crippen LogP contribution in [0.5, 0.6) is 0 Å². The lowest BCUT2D eigenvalue weighted by molar-refractivity contribution is -0.669. The van der Waals surface area contributed by atoms with E-state index < -0.39 is 25.5 Å². The maximum absolute atomic E-state index is 12.3. The SMILES string of the molecule is CC=S(=O)(O)OCCN1C(=Cc2sc3ccc(-c4ccccc4)cc3[n+]2CCCC(C)S(=O)(=O)O)Sc2ccc(-c3ccccc3)cc21. The first-order valence-corrected chi connectivity index (χ1v) is 20.2. The lowest BCUT2D eigenvalue weighted by Gasteiger charge is -2.20. The second-order valence-electron chi connectivity index (χ2n) is 11.5. The van der Waals surface area contributed by atoms with Gasteiger partial charge in [-0.15, -0.1) is 0 Å². The third-order valence-electron chi connectivity index (χ3n) is 8.29. The molecule has 0 aliphatic carbocycles. The molecule has 4 aromatic carbocycles. The van der Waals surface area contributed by atoms with Gasteiger partial charge in [0.25, 0.3) is 15.1 Å². The van der Waals surface area contributed by atoms with Crippen LogP contribution in [0.3, 0.4) is 0 Å². The Morgan fingerprint density at radius 2 is 1.52 bits per heavy atom. The second-order valence-corrected chi connectivity index (χ2v) is 17.2. The van der Waals surface area contributed by atoms with Crippen molar-refractivity contribution < 1.29 is 30.5 Å². The molecule has 2 heterocycles. The molecule has 48 heavy (non-hydrogen) atoms. The Morgan fingerprint density at radius 1 is 0.875 bits per heavy atom. The normalized spacial score (nSPS) is 15.8. The van der Waals surface area contributed by atoms with Crippen molar-refractivity contribution in [1.82, 2.24) is 0 Å². The summed E-state index contributed by atoms with van der Waals surface area (Å²) in [5.74, 6) is 0. The molecule has 0 amide bonds.